The Bertz CT molecular complexity index is 926. The predicted octanol–water partition coefficient (Wildman–Crippen LogP) is 1.85. The highest BCUT2D eigenvalue weighted by Gasteiger charge is 2.37. The molecule has 2 atom stereocenters. The number of likely N-dealkylation sites (tertiary alicyclic amines) is 2. The van der Waals surface area contributed by atoms with Crippen molar-refractivity contribution in [2.45, 2.75) is 64.1 Å². The van der Waals surface area contributed by atoms with Crippen molar-refractivity contribution < 1.29 is 38.5 Å². The molecule has 0 spiro atoms. The summed E-state index contributed by atoms with van der Waals surface area (Å²) in [6.07, 6.45) is 2.35. The highest BCUT2D eigenvalue weighted by molar-refractivity contribution is 5.86. The lowest BCUT2D eigenvalue weighted by atomic mass is 10.1. The van der Waals surface area contributed by atoms with Crippen LogP contribution in [-0.2, 0) is 23.9 Å². The zero-order valence-electron chi connectivity index (χ0n) is 19.8. The third-order valence-electron chi connectivity index (χ3n) is 5.64. The molecule has 0 radical (unpaired) electrons. The van der Waals surface area contributed by atoms with Gasteiger partial charge in [-0.15, -0.1) is 0 Å². The van der Waals surface area contributed by atoms with E-state index in [1.54, 1.807) is 45.0 Å². The quantitative estimate of drug-likeness (QED) is 0.564. The first-order chi connectivity index (χ1) is 16.0. The fraction of sp³-hybridized carbons (Fsp3) is 0.583. The molecule has 0 unspecified atom stereocenters. The number of aliphatic carboxylic acids is 1. The number of amides is 2. The van der Waals surface area contributed by atoms with E-state index in [2.05, 4.69) is 0 Å². The first kappa shape index (κ1) is 25.3. The van der Waals surface area contributed by atoms with Gasteiger partial charge in [-0.05, 0) is 58.6 Å². The van der Waals surface area contributed by atoms with Crippen LogP contribution in [0.1, 0.15) is 46.5 Å². The van der Waals surface area contributed by atoms with E-state index in [0.717, 1.165) is 0 Å². The van der Waals surface area contributed by atoms with Crippen molar-refractivity contribution >= 4 is 23.8 Å². The van der Waals surface area contributed by atoms with Gasteiger partial charge in [-0.2, -0.15) is 0 Å². The van der Waals surface area contributed by atoms with Crippen molar-refractivity contribution in [1.82, 2.24) is 9.80 Å². The summed E-state index contributed by atoms with van der Waals surface area (Å²) in [5.74, 6) is -1.41. The van der Waals surface area contributed by atoms with Crippen LogP contribution in [0, 0.1) is 0 Å². The fourth-order valence-corrected chi connectivity index (χ4v) is 4.11. The van der Waals surface area contributed by atoms with Gasteiger partial charge < -0.3 is 29.1 Å². The van der Waals surface area contributed by atoms with E-state index in [-0.39, 0.29) is 19.1 Å². The van der Waals surface area contributed by atoms with Gasteiger partial charge in [0.2, 0.25) is 0 Å². The van der Waals surface area contributed by atoms with Crippen LogP contribution in [0.25, 0.3) is 0 Å². The van der Waals surface area contributed by atoms with Crippen LogP contribution in [0.2, 0.25) is 0 Å². The van der Waals surface area contributed by atoms with E-state index in [9.17, 15) is 24.3 Å². The zero-order chi connectivity index (χ0) is 24.9. The number of hydrogen-bond acceptors (Lipinski definition) is 7. The van der Waals surface area contributed by atoms with Gasteiger partial charge in [0.25, 0.3) is 11.8 Å². The number of benzene rings is 1. The molecule has 34 heavy (non-hydrogen) atoms. The van der Waals surface area contributed by atoms with Crippen molar-refractivity contribution in [2.75, 3.05) is 26.3 Å². The Morgan fingerprint density at radius 3 is 1.91 bits per heavy atom. The maximum atomic E-state index is 12.7. The van der Waals surface area contributed by atoms with Crippen LogP contribution in [-0.4, -0.2) is 82.6 Å². The molecule has 2 saturated heterocycles. The molecule has 1 N–H and O–H groups in total. The van der Waals surface area contributed by atoms with Crippen LogP contribution in [0.5, 0.6) is 11.5 Å². The number of rotatable bonds is 8. The number of ether oxygens (including phenoxy) is 3. The molecular weight excluding hydrogens is 444 g/mol. The topological polar surface area (TPSA) is 123 Å². The number of carboxylic acids is 1. The van der Waals surface area contributed by atoms with Crippen LogP contribution in [0.15, 0.2) is 24.3 Å². The van der Waals surface area contributed by atoms with Gasteiger partial charge >= 0.3 is 11.9 Å². The van der Waals surface area contributed by atoms with E-state index < -0.39 is 35.5 Å². The molecule has 2 heterocycles. The Labute approximate surface area is 198 Å². The molecule has 2 aliphatic rings. The van der Waals surface area contributed by atoms with Gasteiger partial charge in [-0.1, -0.05) is 6.07 Å². The van der Waals surface area contributed by atoms with Gasteiger partial charge in [-0.25, -0.2) is 9.59 Å². The molecule has 186 valence electrons. The first-order valence-corrected chi connectivity index (χ1v) is 11.5. The normalized spacial score (nSPS) is 20.2. The molecule has 2 aliphatic heterocycles. The second-order valence-electron chi connectivity index (χ2n) is 9.41. The lowest BCUT2D eigenvalue weighted by Crippen LogP contribution is -2.45. The molecule has 3 rings (SSSR count). The lowest BCUT2D eigenvalue weighted by Gasteiger charge is -2.27. The zero-order valence-corrected chi connectivity index (χ0v) is 19.8. The summed E-state index contributed by atoms with van der Waals surface area (Å²) >= 11 is 0. The summed E-state index contributed by atoms with van der Waals surface area (Å²) < 4.78 is 16.6. The Hall–Kier alpha value is -3.30. The van der Waals surface area contributed by atoms with Crippen LogP contribution in [0.4, 0.5) is 0 Å². The van der Waals surface area contributed by atoms with Gasteiger partial charge in [0, 0.05) is 19.2 Å². The maximum Gasteiger partial charge on any atom is 0.329 e. The van der Waals surface area contributed by atoms with E-state index in [4.69, 9.17) is 14.2 Å². The Kier molecular flexibility index (Phi) is 8.01. The number of carbonyl (C=O) groups is 4. The molecule has 2 amide bonds. The Balaban J connectivity index is 1.51. The van der Waals surface area contributed by atoms with Crippen molar-refractivity contribution in [3.8, 4) is 11.5 Å². The Morgan fingerprint density at radius 2 is 1.41 bits per heavy atom. The highest BCUT2D eigenvalue weighted by Crippen LogP contribution is 2.23. The van der Waals surface area contributed by atoms with Crippen molar-refractivity contribution in [1.29, 1.82) is 0 Å². The van der Waals surface area contributed by atoms with Gasteiger partial charge in [-0.3, -0.25) is 9.59 Å². The van der Waals surface area contributed by atoms with Crippen molar-refractivity contribution in [3.63, 3.8) is 0 Å². The fourth-order valence-electron chi connectivity index (χ4n) is 4.11. The number of esters is 1. The standard InChI is InChI=1S/C24H32N2O8/c1-24(2,3)34-23(31)19-10-6-12-26(19)21(28)15-33-17-8-4-7-16(13-17)32-14-20(27)25-11-5-9-18(25)22(29)30/h4,7-8,13,18-19H,5-6,9-12,14-15H2,1-3H3,(H,29,30)/t18-,19-/m1/s1. The minimum Gasteiger partial charge on any atom is -0.484 e. The summed E-state index contributed by atoms with van der Waals surface area (Å²) in [5.41, 5.74) is -0.629. The van der Waals surface area contributed by atoms with E-state index >= 15 is 0 Å². The molecule has 10 heteroatoms. The number of carbonyl (C=O) groups excluding carboxylic acids is 3. The molecular formula is C24H32N2O8. The lowest BCUT2D eigenvalue weighted by molar-refractivity contribution is -0.163. The largest absolute Gasteiger partial charge is 0.484 e. The molecule has 0 saturated carbocycles. The second-order valence-corrected chi connectivity index (χ2v) is 9.41. The molecule has 1 aromatic carbocycles. The monoisotopic (exact) mass is 476 g/mol. The summed E-state index contributed by atoms with van der Waals surface area (Å²) in [6.45, 7) is 5.66. The molecule has 0 bridgehead atoms. The SMILES string of the molecule is CC(C)(C)OC(=O)[C@H]1CCCN1C(=O)COc1cccc(OCC(=O)N2CCC[C@@H]2C(=O)O)c1. The number of carboxylic acid groups (broad SMARTS) is 1. The van der Waals surface area contributed by atoms with Gasteiger partial charge in [0.1, 0.15) is 29.2 Å². The molecule has 2 fully saturated rings. The second kappa shape index (κ2) is 10.8. The van der Waals surface area contributed by atoms with Crippen LogP contribution < -0.4 is 9.47 Å². The van der Waals surface area contributed by atoms with E-state index in [0.29, 0.717) is 50.3 Å². The highest BCUT2D eigenvalue weighted by atomic mass is 16.6. The van der Waals surface area contributed by atoms with Crippen LogP contribution in [0.3, 0.4) is 0 Å². The molecule has 10 nitrogen and oxygen atoms in total. The van der Waals surface area contributed by atoms with E-state index in [1.807, 2.05) is 0 Å². The Morgan fingerprint density at radius 1 is 0.912 bits per heavy atom. The third-order valence-corrected chi connectivity index (χ3v) is 5.64. The van der Waals surface area contributed by atoms with Crippen molar-refractivity contribution in [3.05, 3.63) is 24.3 Å². The van der Waals surface area contributed by atoms with Crippen LogP contribution >= 0.6 is 0 Å². The molecule has 1 aromatic rings. The van der Waals surface area contributed by atoms with Gasteiger partial charge in [0.15, 0.2) is 13.2 Å². The minimum atomic E-state index is -1.02. The van der Waals surface area contributed by atoms with E-state index in [1.165, 1.54) is 9.80 Å². The summed E-state index contributed by atoms with van der Waals surface area (Å²) in [5, 5.41) is 9.23. The smallest absolute Gasteiger partial charge is 0.329 e. The average molecular weight is 477 g/mol. The first-order valence-electron chi connectivity index (χ1n) is 11.5. The molecule has 0 aliphatic carbocycles. The molecule has 0 aromatic heterocycles. The average Bonchev–Trinajstić information content (AvgIpc) is 3.45. The third kappa shape index (κ3) is 6.61. The summed E-state index contributed by atoms with van der Waals surface area (Å²) in [6, 6.07) is 5.07. The minimum absolute atomic E-state index is 0.254. The number of hydrogen-bond donors (Lipinski definition) is 1. The summed E-state index contributed by atoms with van der Waals surface area (Å²) in [4.78, 5) is 51.6. The summed E-state index contributed by atoms with van der Waals surface area (Å²) in [7, 11) is 0. The van der Waals surface area contributed by atoms with Crippen molar-refractivity contribution in [2.24, 2.45) is 0 Å². The predicted molar refractivity (Wildman–Crippen MR) is 120 cm³/mol. The van der Waals surface area contributed by atoms with Gasteiger partial charge in [0.05, 0.1) is 0 Å². The maximum absolute atomic E-state index is 12.7. The number of nitrogens with zero attached hydrogens (tertiary/aromatic N) is 2.